The lowest BCUT2D eigenvalue weighted by atomic mass is 9.86. The van der Waals surface area contributed by atoms with E-state index < -0.39 is 11.4 Å². The van der Waals surface area contributed by atoms with Gasteiger partial charge in [-0.1, -0.05) is 95.6 Å². The fourth-order valence-corrected chi connectivity index (χ4v) is 5.91. The van der Waals surface area contributed by atoms with Crippen molar-refractivity contribution in [3.8, 4) is 0 Å². The highest BCUT2D eigenvalue weighted by Crippen LogP contribution is 2.33. The highest BCUT2D eigenvalue weighted by atomic mass is 32.2. The van der Waals surface area contributed by atoms with Gasteiger partial charge < -0.3 is 5.11 Å². The van der Waals surface area contributed by atoms with Gasteiger partial charge in [-0.15, -0.1) is 11.8 Å². The summed E-state index contributed by atoms with van der Waals surface area (Å²) in [5, 5.41) is 8.98. The number of carboxylic acids is 1. The van der Waals surface area contributed by atoms with E-state index in [1.54, 1.807) is 25.6 Å². The SMILES string of the molecule is CCCCCCCCCCCCSC(=S)SC(CC(C)(C)C(=O)O)C(=O)CC. The number of rotatable bonds is 17. The Morgan fingerprint density at radius 2 is 1.43 bits per heavy atom. The number of unbranched alkanes of at least 4 members (excludes halogenated alkanes) is 9. The Labute approximate surface area is 186 Å². The second-order valence-corrected chi connectivity index (χ2v) is 11.6. The molecule has 0 bridgehead atoms. The van der Waals surface area contributed by atoms with Gasteiger partial charge in [0.25, 0.3) is 0 Å². The van der Waals surface area contributed by atoms with Crippen LogP contribution in [0.2, 0.25) is 0 Å². The monoisotopic (exact) mass is 448 g/mol. The van der Waals surface area contributed by atoms with E-state index in [9.17, 15) is 14.7 Å². The summed E-state index contributed by atoms with van der Waals surface area (Å²) in [7, 11) is 0. The molecule has 28 heavy (non-hydrogen) atoms. The molecular formula is C22H40O3S3. The number of thiocarbonyl (C=S) groups is 1. The van der Waals surface area contributed by atoms with Crippen molar-refractivity contribution in [3.63, 3.8) is 0 Å². The molecule has 0 aromatic rings. The molecule has 1 unspecified atom stereocenters. The van der Waals surface area contributed by atoms with Gasteiger partial charge in [-0.05, 0) is 32.4 Å². The molecule has 0 heterocycles. The molecule has 0 aromatic heterocycles. The molecule has 0 aromatic carbocycles. The van der Waals surface area contributed by atoms with Crippen LogP contribution in [0.4, 0.5) is 0 Å². The first-order valence-electron chi connectivity index (χ1n) is 10.8. The lowest BCUT2D eigenvalue weighted by Crippen LogP contribution is -2.31. The number of hydrogen-bond donors (Lipinski definition) is 1. The van der Waals surface area contributed by atoms with Crippen molar-refractivity contribution < 1.29 is 14.7 Å². The highest BCUT2D eigenvalue weighted by Gasteiger charge is 2.34. The minimum Gasteiger partial charge on any atom is -0.481 e. The van der Waals surface area contributed by atoms with Crippen LogP contribution in [0.25, 0.3) is 0 Å². The van der Waals surface area contributed by atoms with Crippen LogP contribution in [0, 0.1) is 5.41 Å². The van der Waals surface area contributed by atoms with Gasteiger partial charge in [0.15, 0.2) is 0 Å². The maximum atomic E-state index is 12.2. The Bertz CT molecular complexity index is 464. The molecule has 1 N–H and O–H groups in total. The lowest BCUT2D eigenvalue weighted by Gasteiger charge is -2.24. The Morgan fingerprint density at radius 3 is 1.89 bits per heavy atom. The molecule has 1 atom stereocenters. The average Bonchev–Trinajstić information content (AvgIpc) is 2.64. The number of ketones is 1. The van der Waals surface area contributed by atoms with Crippen LogP contribution in [0.1, 0.15) is 105 Å². The number of hydrogen-bond acceptors (Lipinski definition) is 5. The molecule has 3 nitrogen and oxygen atoms in total. The van der Waals surface area contributed by atoms with Gasteiger partial charge in [0, 0.05) is 6.42 Å². The van der Waals surface area contributed by atoms with Gasteiger partial charge in [-0.25, -0.2) is 0 Å². The Hall–Kier alpha value is -0.0700. The van der Waals surface area contributed by atoms with Crippen molar-refractivity contribution in [2.24, 2.45) is 5.41 Å². The standard InChI is InChI=1S/C22H40O3S3/c1-5-7-8-9-10-11-12-13-14-15-16-27-21(26)28-19(18(23)6-2)17-22(3,4)20(24)25/h19H,5-17H2,1-4H3,(H,24,25). The molecule has 0 spiro atoms. The fraction of sp³-hybridized carbons (Fsp3) is 0.864. The second kappa shape index (κ2) is 16.7. The van der Waals surface area contributed by atoms with Crippen molar-refractivity contribution in [1.29, 1.82) is 0 Å². The molecule has 0 amide bonds. The van der Waals surface area contributed by atoms with E-state index in [0.717, 1.165) is 15.7 Å². The van der Waals surface area contributed by atoms with Crippen LogP contribution in [-0.2, 0) is 9.59 Å². The van der Waals surface area contributed by atoms with E-state index in [2.05, 4.69) is 6.92 Å². The van der Waals surface area contributed by atoms with Crippen molar-refractivity contribution in [2.75, 3.05) is 5.75 Å². The summed E-state index contributed by atoms with van der Waals surface area (Å²) >= 11 is 8.47. The molecule has 0 saturated carbocycles. The molecule has 6 heteroatoms. The summed E-state index contributed by atoms with van der Waals surface area (Å²) in [5.74, 6) is 0.199. The first-order chi connectivity index (χ1) is 13.2. The van der Waals surface area contributed by atoms with Gasteiger partial charge in [-0.3, -0.25) is 9.59 Å². The van der Waals surface area contributed by atoms with Crippen LogP contribution in [0.3, 0.4) is 0 Å². The minimum absolute atomic E-state index is 0.0845. The molecule has 0 aliphatic rings. The first-order valence-corrected chi connectivity index (χ1v) is 13.1. The molecule has 0 aliphatic heterocycles. The zero-order chi connectivity index (χ0) is 21.4. The Balaban J connectivity index is 3.97. The van der Waals surface area contributed by atoms with Gasteiger partial charge >= 0.3 is 5.97 Å². The topological polar surface area (TPSA) is 54.4 Å². The molecule has 0 aliphatic carbocycles. The smallest absolute Gasteiger partial charge is 0.309 e. The molecular weight excluding hydrogens is 408 g/mol. The predicted octanol–water partition coefficient (Wildman–Crippen LogP) is 7.51. The number of carbonyl (C=O) groups is 2. The normalized spacial score (nSPS) is 12.7. The number of carboxylic acid groups (broad SMARTS) is 1. The lowest BCUT2D eigenvalue weighted by molar-refractivity contribution is -0.147. The van der Waals surface area contributed by atoms with E-state index in [1.807, 2.05) is 6.92 Å². The average molecular weight is 449 g/mol. The van der Waals surface area contributed by atoms with E-state index in [4.69, 9.17) is 12.2 Å². The largest absolute Gasteiger partial charge is 0.481 e. The highest BCUT2D eigenvalue weighted by molar-refractivity contribution is 8.47. The molecule has 0 radical (unpaired) electrons. The number of thioether (sulfide) groups is 2. The molecule has 164 valence electrons. The summed E-state index contributed by atoms with van der Waals surface area (Å²) in [4.78, 5) is 23.6. The van der Waals surface area contributed by atoms with Crippen molar-refractivity contribution >= 4 is 51.0 Å². The molecule has 0 fully saturated rings. The van der Waals surface area contributed by atoms with Crippen LogP contribution in [-0.4, -0.2) is 31.4 Å². The van der Waals surface area contributed by atoms with Crippen molar-refractivity contribution in [1.82, 2.24) is 0 Å². The molecule has 0 rings (SSSR count). The Morgan fingerprint density at radius 1 is 0.929 bits per heavy atom. The summed E-state index contributed by atoms with van der Waals surface area (Å²) in [6.07, 6.45) is 13.9. The fourth-order valence-electron chi connectivity index (χ4n) is 2.89. The summed E-state index contributed by atoms with van der Waals surface area (Å²) in [6.45, 7) is 7.42. The third-order valence-corrected chi connectivity index (χ3v) is 7.86. The van der Waals surface area contributed by atoms with Crippen molar-refractivity contribution in [2.45, 2.75) is 110 Å². The third-order valence-electron chi connectivity index (χ3n) is 4.94. The summed E-state index contributed by atoms with van der Waals surface area (Å²) in [6, 6.07) is 0. The second-order valence-electron chi connectivity index (χ2n) is 8.10. The van der Waals surface area contributed by atoms with Crippen LogP contribution >= 0.6 is 35.7 Å². The first kappa shape index (κ1) is 27.9. The van der Waals surface area contributed by atoms with Gasteiger partial charge in [-0.2, -0.15) is 0 Å². The van der Waals surface area contributed by atoms with E-state index in [1.165, 1.54) is 69.5 Å². The van der Waals surface area contributed by atoms with Crippen LogP contribution in [0.15, 0.2) is 0 Å². The zero-order valence-corrected chi connectivity index (χ0v) is 20.7. The quantitative estimate of drug-likeness (QED) is 0.183. The Kier molecular flexibility index (Phi) is 16.7. The van der Waals surface area contributed by atoms with Gasteiger partial charge in [0.05, 0.1) is 10.7 Å². The van der Waals surface area contributed by atoms with Crippen LogP contribution < -0.4 is 0 Å². The third kappa shape index (κ3) is 14.0. The van der Waals surface area contributed by atoms with E-state index >= 15 is 0 Å². The van der Waals surface area contributed by atoms with E-state index in [-0.39, 0.29) is 11.0 Å². The summed E-state index contributed by atoms with van der Waals surface area (Å²) in [5.41, 5.74) is -0.917. The van der Waals surface area contributed by atoms with Crippen LogP contribution in [0.5, 0.6) is 0 Å². The molecule has 0 saturated heterocycles. The van der Waals surface area contributed by atoms with Gasteiger partial charge in [0.2, 0.25) is 0 Å². The minimum atomic E-state index is -0.917. The predicted molar refractivity (Wildman–Crippen MR) is 130 cm³/mol. The maximum absolute atomic E-state index is 12.2. The summed E-state index contributed by atoms with van der Waals surface area (Å²) < 4.78 is 0.768. The number of carbonyl (C=O) groups excluding carboxylic acids is 1. The van der Waals surface area contributed by atoms with Gasteiger partial charge in [0.1, 0.15) is 9.31 Å². The van der Waals surface area contributed by atoms with E-state index in [0.29, 0.717) is 12.8 Å². The zero-order valence-electron chi connectivity index (χ0n) is 18.3. The van der Waals surface area contributed by atoms with Crippen molar-refractivity contribution in [3.05, 3.63) is 0 Å². The maximum Gasteiger partial charge on any atom is 0.309 e. The number of Topliss-reactive ketones (excluding diaryl/α,β-unsaturated/α-hetero) is 1. The number of aliphatic carboxylic acids is 1.